The van der Waals surface area contributed by atoms with E-state index < -0.39 is 59.0 Å². The van der Waals surface area contributed by atoms with E-state index in [0.29, 0.717) is 10.9 Å². The molecule has 0 saturated heterocycles. The summed E-state index contributed by atoms with van der Waals surface area (Å²) in [6, 6.07) is 4.33. The Morgan fingerprint density at radius 1 is 1.17 bits per heavy atom. The maximum Gasteiger partial charge on any atom is 0.423 e. The van der Waals surface area contributed by atoms with Crippen LogP contribution in [0.5, 0.6) is 0 Å². The van der Waals surface area contributed by atoms with Crippen LogP contribution in [0.25, 0.3) is 22.0 Å². The summed E-state index contributed by atoms with van der Waals surface area (Å²) in [4.78, 5) is 28.6. The van der Waals surface area contributed by atoms with E-state index in [0.717, 1.165) is 23.0 Å². The van der Waals surface area contributed by atoms with E-state index in [9.17, 15) is 35.9 Å². The molecule has 41 heavy (non-hydrogen) atoms. The van der Waals surface area contributed by atoms with Crippen molar-refractivity contribution in [1.29, 1.82) is 0 Å². The molecule has 0 fully saturated rings. The van der Waals surface area contributed by atoms with Crippen molar-refractivity contribution >= 4 is 16.5 Å². The molecule has 2 N–H and O–H groups in total. The summed E-state index contributed by atoms with van der Waals surface area (Å²) in [6.07, 6.45) is -4.11. The zero-order valence-electron chi connectivity index (χ0n) is 21.3. The Bertz CT molecular complexity index is 1750. The van der Waals surface area contributed by atoms with Crippen LogP contribution in [0.15, 0.2) is 52.4 Å². The Morgan fingerprint density at radius 2 is 1.93 bits per heavy atom. The summed E-state index contributed by atoms with van der Waals surface area (Å²) in [6.45, 7) is 0.937. The largest absolute Gasteiger partial charge is 0.423 e. The van der Waals surface area contributed by atoms with Gasteiger partial charge in [0.05, 0.1) is 29.5 Å². The maximum absolute atomic E-state index is 15.1. The van der Waals surface area contributed by atoms with Gasteiger partial charge < -0.3 is 9.88 Å². The fourth-order valence-corrected chi connectivity index (χ4v) is 5.04. The molecule has 0 saturated carbocycles. The van der Waals surface area contributed by atoms with Crippen LogP contribution in [-0.4, -0.2) is 32.0 Å². The summed E-state index contributed by atoms with van der Waals surface area (Å²) in [5.41, 5.74) is -3.91. The van der Waals surface area contributed by atoms with Crippen molar-refractivity contribution in [3.8, 4) is 11.3 Å². The Balaban J connectivity index is 1.34. The lowest BCUT2D eigenvalue weighted by Crippen LogP contribution is -2.30. The number of halogens is 7. The van der Waals surface area contributed by atoms with Crippen LogP contribution in [0.1, 0.15) is 36.5 Å². The number of hydrogen-bond acceptors (Lipinski definition) is 5. The number of anilines is 1. The van der Waals surface area contributed by atoms with Gasteiger partial charge in [0.2, 0.25) is 0 Å². The third-order valence-corrected chi connectivity index (χ3v) is 6.98. The first kappa shape index (κ1) is 28.3. The topological polar surface area (TPSA) is 92.7 Å². The zero-order chi connectivity index (χ0) is 29.7. The Labute approximate surface area is 227 Å². The van der Waals surface area contributed by atoms with E-state index in [-0.39, 0.29) is 41.5 Å². The van der Waals surface area contributed by atoms with Gasteiger partial charge in [0.1, 0.15) is 17.6 Å². The highest BCUT2D eigenvalue weighted by molar-refractivity contribution is 5.86. The number of nitrogens with one attached hydrogen (secondary N) is 2. The van der Waals surface area contributed by atoms with E-state index in [2.05, 4.69) is 15.4 Å². The van der Waals surface area contributed by atoms with Gasteiger partial charge in [-0.2, -0.15) is 18.3 Å². The second-order valence-corrected chi connectivity index (χ2v) is 9.99. The molecule has 5 rings (SSSR count). The molecule has 7 nitrogen and oxygen atoms in total. The Morgan fingerprint density at radius 3 is 2.66 bits per heavy atom. The van der Waals surface area contributed by atoms with E-state index in [1.54, 1.807) is 5.10 Å². The molecule has 0 aliphatic heterocycles. The SMILES string of the molecule is CC(CC(F)Cn1ccc2cc(-c3cc4c(cn3)C(F)(F)CC4)c(F)cc2c1=O)Nc1cn[nH]c(=O)c1C(F)(F)F. The second-order valence-electron chi connectivity index (χ2n) is 9.99. The van der Waals surface area contributed by atoms with Crippen molar-refractivity contribution < 1.29 is 30.7 Å². The average molecular weight is 581 g/mol. The highest BCUT2D eigenvalue weighted by Crippen LogP contribution is 2.42. The van der Waals surface area contributed by atoms with Gasteiger partial charge in [0, 0.05) is 42.4 Å². The predicted molar refractivity (Wildman–Crippen MR) is 136 cm³/mol. The standard InChI is InChI=1S/C27H22F7N5O2/c1-13(37-22-11-36-38-24(40)23(22)27(32,33)34)6-16(28)12-39-5-3-14-7-18(20(29)9-17(14)25(39)41)21-8-15-2-4-26(30,31)19(15)10-35-21/h3,5,7-11,13,16H,2,4,6,12H2,1H3,(H2,37,38,40). The third kappa shape index (κ3) is 5.55. The van der Waals surface area contributed by atoms with Crippen LogP contribution in [0, 0.1) is 5.82 Å². The predicted octanol–water partition coefficient (Wildman–Crippen LogP) is 5.57. The van der Waals surface area contributed by atoms with E-state index in [1.807, 2.05) is 0 Å². The number of alkyl halides is 6. The number of hydrogen-bond donors (Lipinski definition) is 2. The zero-order valence-corrected chi connectivity index (χ0v) is 21.3. The molecule has 14 heteroatoms. The molecule has 1 aliphatic rings. The molecule has 3 aromatic heterocycles. The third-order valence-electron chi connectivity index (χ3n) is 6.98. The minimum absolute atomic E-state index is 0.0170. The number of fused-ring (bicyclic) bond motifs is 2. The quantitative estimate of drug-likeness (QED) is 0.279. The molecule has 2 unspecified atom stereocenters. The molecule has 0 radical (unpaired) electrons. The molecule has 1 aromatic carbocycles. The summed E-state index contributed by atoms with van der Waals surface area (Å²) in [5.74, 6) is -3.80. The lowest BCUT2D eigenvalue weighted by atomic mass is 10.0. The summed E-state index contributed by atoms with van der Waals surface area (Å²) in [7, 11) is 0. The lowest BCUT2D eigenvalue weighted by Gasteiger charge is -2.20. The van der Waals surface area contributed by atoms with Crippen molar-refractivity contribution in [1.82, 2.24) is 19.7 Å². The molecule has 0 amide bonds. The van der Waals surface area contributed by atoms with Gasteiger partial charge in [-0.25, -0.2) is 22.7 Å². The van der Waals surface area contributed by atoms with Crippen molar-refractivity contribution in [2.45, 2.75) is 57.0 Å². The van der Waals surface area contributed by atoms with E-state index in [1.165, 1.54) is 31.3 Å². The Hall–Kier alpha value is -4.23. The number of H-pyrrole nitrogens is 1. The molecular weight excluding hydrogens is 559 g/mol. The number of rotatable bonds is 7. The van der Waals surface area contributed by atoms with Gasteiger partial charge in [0.15, 0.2) is 0 Å². The van der Waals surface area contributed by atoms with Gasteiger partial charge in [-0.15, -0.1) is 0 Å². The molecule has 216 valence electrons. The van der Waals surface area contributed by atoms with Crippen LogP contribution in [0.3, 0.4) is 0 Å². The van der Waals surface area contributed by atoms with Crippen LogP contribution in [0.4, 0.5) is 36.4 Å². The first-order valence-electron chi connectivity index (χ1n) is 12.5. The smallest absolute Gasteiger partial charge is 0.381 e. The average Bonchev–Trinajstić information content (AvgIpc) is 3.18. The lowest BCUT2D eigenvalue weighted by molar-refractivity contribution is -0.138. The van der Waals surface area contributed by atoms with Gasteiger partial charge >= 0.3 is 6.18 Å². The van der Waals surface area contributed by atoms with Gasteiger partial charge in [-0.05, 0) is 48.6 Å². The normalized spacial score (nSPS) is 16.0. The first-order chi connectivity index (χ1) is 19.2. The molecule has 0 spiro atoms. The number of aromatic amines is 1. The monoisotopic (exact) mass is 581 g/mol. The van der Waals surface area contributed by atoms with E-state index in [4.69, 9.17) is 0 Å². The number of pyridine rings is 2. The molecule has 3 heterocycles. The molecular formula is C27H22F7N5O2. The first-order valence-corrected chi connectivity index (χ1v) is 12.5. The Kier molecular flexibility index (Phi) is 7.12. The minimum atomic E-state index is -4.97. The van der Waals surface area contributed by atoms with Crippen LogP contribution in [-0.2, 0) is 25.1 Å². The highest BCUT2D eigenvalue weighted by atomic mass is 19.4. The van der Waals surface area contributed by atoms with Crippen LogP contribution in [0.2, 0.25) is 0 Å². The van der Waals surface area contributed by atoms with Crippen LogP contribution < -0.4 is 16.4 Å². The summed E-state index contributed by atoms with van der Waals surface area (Å²) < 4.78 is 98.7. The van der Waals surface area contributed by atoms with E-state index >= 15 is 4.39 Å². The summed E-state index contributed by atoms with van der Waals surface area (Å²) in [5, 5.41) is 7.77. The fourth-order valence-electron chi connectivity index (χ4n) is 5.04. The van der Waals surface area contributed by atoms with Crippen molar-refractivity contribution in [2.24, 2.45) is 0 Å². The minimum Gasteiger partial charge on any atom is -0.381 e. The maximum atomic E-state index is 15.1. The number of aromatic nitrogens is 4. The number of benzene rings is 1. The number of nitrogens with zero attached hydrogens (tertiary/aromatic N) is 3. The van der Waals surface area contributed by atoms with Gasteiger partial charge in [-0.1, -0.05) is 0 Å². The van der Waals surface area contributed by atoms with Crippen molar-refractivity contribution in [3.05, 3.63) is 86.1 Å². The van der Waals surface area contributed by atoms with Gasteiger partial charge in [-0.3, -0.25) is 14.6 Å². The van der Waals surface area contributed by atoms with Gasteiger partial charge in [0.25, 0.3) is 17.0 Å². The number of aryl methyl sites for hydroxylation is 1. The second kappa shape index (κ2) is 10.3. The molecule has 2 atom stereocenters. The fraction of sp³-hybridized carbons (Fsp3) is 0.333. The molecule has 4 aromatic rings. The molecule has 1 aliphatic carbocycles. The van der Waals surface area contributed by atoms with Crippen molar-refractivity contribution in [3.63, 3.8) is 0 Å². The van der Waals surface area contributed by atoms with Crippen LogP contribution >= 0.6 is 0 Å². The molecule has 0 bridgehead atoms. The van der Waals surface area contributed by atoms with Crippen molar-refractivity contribution in [2.75, 3.05) is 5.32 Å². The highest BCUT2D eigenvalue weighted by Gasteiger charge is 2.40. The summed E-state index contributed by atoms with van der Waals surface area (Å²) >= 11 is 0.